The molecule has 0 radical (unpaired) electrons. The number of rotatable bonds is 7. The smallest absolute Gasteiger partial charge is 0.336 e. The fraction of sp³-hybridized carbons (Fsp3) is 0.407. The third-order valence-electron chi connectivity index (χ3n) is 6.58. The molecule has 7 nitrogen and oxygen atoms in total. The molecule has 0 spiro atoms. The highest BCUT2D eigenvalue weighted by molar-refractivity contribution is 7.10. The topological polar surface area (TPSA) is 91.3 Å². The van der Waals surface area contributed by atoms with Gasteiger partial charge in [0.25, 0.3) is 0 Å². The molecule has 1 aliphatic carbocycles. The molecular weight excluding hydrogens is 466 g/mol. The van der Waals surface area contributed by atoms with E-state index in [1.54, 1.807) is 27.9 Å². The maximum Gasteiger partial charge on any atom is 0.336 e. The fourth-order valence-electron chi connectivity index (χ4n) is 5.10. The summed E-state index contributed by atoms with van der Waals surface area (Å²) >= 11 is 1.47. The van der Waals surface area contributed by atoms with E-state index < -0.39 is 35.6 Å². The number of carbonyl (C=O) groups is 3. The van der Waals surface area contributed by atoms with E-state index in [1.807, 2.05) is 41.8 Å². The molecule has 0 saturated heterocycles. The second kappa shape index (κ2) is 10.6. The first-order chi connectivity index (χ1) is 16.9. The predicted molar refractivity (Wildman–Crippen MR) is 133 cm³/mol. The number of fused-ring (bicyclic) bond motifs is 1. The minimum atomic E-state index is -1.00. The van der Waals surface area contributed by atoms with Crippen molar-refractivity contribution in [2.24, 2.45) is 16.8 Å². The molecule has 2 heterocycles. The van der Waals surface area contributed by atoms with Gasteiger partial charge in [0.15, 0.2) is 5.78 Å². The quantitative estimate of drug-likeness (QED) is 0.409. The second-order valence-electron chi connectivity index (χ2n) is 8.51. The number of allylic oxidation sites excluding steroid dienone is 1. The number of hydrogen-bond acceptors (Lipinski definition) is 8. The van der Waals surface area contributed by atoms with E-state index in [9.17, 15) is 14.4 Å². The number of ketones is 1. The Kier molecular flexibility index (Phi) is 7.50. The van der Waals surface area contributed by atoms with Gasteiger partial charge in [0.05, 0.1) is 31.8 Å². The van der Waals surface area contributed by atoms with Gasteiger partial charge in [-0.3, -0.25) is 14.6 Å². The molecule has 35 heavy (non-hydrogen) atoms. The summed E-state index contributed by atoms with van der Waals surface area (Å²) < 4.78 is 16.0. The minimum Gasteiger partial charge on any atom is -0.497 e. The lowest BCUT2D eigenvalue weighted by Gasteiger charge is -2.40. The highest BCUT2D eigenvalue weighted by Crippen LogP contribution is 2.49. The molecule has 1 aromatic carbocycles. The molecule has 2 aliphatic rings. The van der Waals surface area contributed by atoms with Crippen molar-refractivity contribution in [2.75, 3.05) is 20.3 Å². The summed E-state index contributed by atoms with van der Waals surface area (Å²) in [7, 11) is 1.59. The van der Waals surface area contributed by atoms with E-state index in [-0.39, 0.29) is 19.0 Å². The molecule has 8 heteroatoms. The van der Waals surface area contributed by atoms with Crippen molar-refractivity contribution in [2.45, 2.75) is 39.0 Å². The molecule has 184 valence electrons. The summed E-state index contributed by atoms with van der Waals surface area (Å²) in [4.78, 5) is 45.9. The van der Waals surface area contributed by atoms with Crippen molar-refractivity contribution in [3.8, 4) is 5.75 Å². The highest BCUT2D eigenvalue weighted by atomic mass is 32.1. The summed E-state index contributed by atoms with van der Waals surface area (Å²) in [5, 5.41) is 1.91. The average molecular weight is 496 g/mol. The van der Waals surface area contributed by atoms with E-state index in [0.717, 1.165) is 10.4 Å². The van der Waals surface area contributed by atoms with Crippen LogP contribution in [-0.2, 0) is 23.9 Å². The molecule has 0 N–H and O–H groups in total. The number of ether oxygens (including phenoxy) is 3. The van der Waals surface area contributed by atoms with E-state index >= 15 is 0 Å². The standard InChI is InChI=1S/C27H29NO6S/c1-5-33-26(30)21-15(3)28-19-14-18(16-9-11-17(32-4)12-10-16)22(27(31)34-6-2)25(29)23(19)24(21)20-8-7-13-35-20/h7-13,18,22-24H,5-6,14H2,1-4H3/t18-,22+,23?,24+/m0/s1. The molecule has 2 aromatic rings. The van der Waals surface area contributed by atoms with Crippen LogP contribution in [0.3, 0.4) is 0 Å². The lowest BCUT2D eigenvalue weighted by molar-refractivity contribution is -0.153. The summed E-state index contributed by atoms with van der Waals surface area (Å²) in [5.74, 6) is -3.34. The van der Waals surface area contributed by atoms with Gasteiger partial charge in [-0.2, -0.15) is 0 Å². The Balaban J connectivity index is 1.84. The van der Waals surface area contributed by atoms with Crippen LogP contribution in [0.25, 0.3) is 0 Å². The van der Waals surface area contributed by atoms with Crippen LogP contribution < -0.4 is 4.74 Å². The molecule has 4 atom stereocenters. The first kappa shape index (κ1) is 24.9. The van der Waals surface area contributed by atoms with Crippen LogP contribution in [0.4, 0.5) is 0 Å². The Morgan fingerprint density at radius 2 is 1.77 bits per heavy atom. The van der Waals surface area contributed by atoms with Crippen LogP contribution in [0.15, 0.2) is 58.0 Å². The lowest BCUT2D eigenvalue weighted by atomic mass is 9.63. The zero-order valence-corrected chi connectivity index (χ0v) is 21.1. The van der Waals surface area contributed by atoms with Crippen LogP contribution in [0.1, 0.15) is 49.5 Å². The zero-order valence-electron chi connectivity index (χ0n) is 20.3. The lowest BCUT2D eigenvalue weighted by Crippen LogP contribution is -2.48. The summed E-state index contributed by atoms with van der Waals surface area (Å²) in [6.07, 6.45) is 0.404. The molecule has 1 saturated carbocycles. The number of methoxy groups -OCH3 is 1. The van der Waals surface area contributed by atoms with Crippen LogP contribution >= 0.6 is 11.3 Å². The van der Waals surface area contributed by atoms with Crippen LogP contribution in [0.2, 0.25) is 0 Å². The number of carbonyl (C=O) groups excluding carboxylic acids is 3. The number of Topliss-reactive ketones (excluding diaryl/α,β-unsaturated/α-hetero) is 1. The van der Waals surface area contributed by atoms with Crippen molar-refractivity contribution < 1.29 is 28.6 Å². The normalized spacial score (nSPS) is 23.9. The molecule has 1 aromatic heterocycles. The van der Waals surface area contributed by atoms with Gasteiger partial charge < -0.3 is 14.2 Å². The number of thiophene rings is 1. The van der Waals surface area contributed by atoms with Gasteiger partial charge in [-0.1, -0.05) is 18.2 Å². The first-order valence-electron chi connectivity index (χ1n) is 11.7. The largest absolute Gasteiger partial charge is 0.497 e. The Labute approximate surface area is 208 Å². The van der Waals surface area contributed by atoms with E-state index in [2.05, 4.69) is 0 Å². The van der Waals surface area contributed by atoms with Crippen LogP contribution in [-0.4, -0.2) is 43.8 Å². The SMILES string of the molecule is CCOC(=O)C1=C(C)N=C2C[C@@H](c3ccc(OC)cc3)[C@@H](C(=O)OCC)C(=O)C2[C@@H]1c1cccs1. The predicted octanol–water partition coefficient (Wildman–Crippen LogP) is 4.68. The summed E-state index contributed by atoms with van der Waals surface area (Å²) in [5.41, 5.74) is 2.44. The van der Waals surface area contributed by atoms with Crippen molar-refractivity contribution in [1.29, 1.82) is 0 Å². The molecular formula is C27H29NO6S. The zero-order chi connectivity index (χ0) is 25.1. The summed E-state index contributed by atoms with van der Waals surface area (Å²) in [6.45, 7) is 5.63. The van der Waals surface area contributed by atoms with Gasteiger partial charge in [-0.05, 0) is 56.3 Å². The molecule has 1 unspecified atom stereocenters. The second-order valence-corrected chi connectivity index (χ2v) is 9.49. The molecule has 0 amide bonds. The Morgan fingerprint density at radius 1 is 1.06 bits per heavy atom. The number of nitrogens with zero attached hydrogens (tertiary/aromatic N) is 1. The van der Waals surface area contributed by atoms with Crippen molar-refractivity contribution in [1.82, 2.24) is 0 Å². The molecule has 1 fully saturated rings. The first-order valence-corrected chi connectivity index (χ1v) is 12.6. The number of hydrogen-bond donors (Lipinski definition) is 0. The number of esters is 2. The van der Waals surface area contributed by atoms with Crippen LogP contribution in [0.5, 0.6) is 5.75 Å². The summed E-state index contributed by atoms with van der Waals surface area (Å²) in [6, 6.07) is 11.2. The van der Waals surface area contributed by atoms with Gasteiger partial charge in [0, 0.05) is 28.1 Å². The van der Waals surface area contributed by atoms with Crippen molar-refractivity contribution in [3.63, 3.8) is 0 Å². The third kappa shape index (κ3) is 4.67. The van der Waals surface area contributed by atoms with Gasteiger partial charge in [-0.15, -0.1) is 11.3 Å². The fourth-order valence-corrected chi connectivity index (χ4v) is 5.97. The maximum absolute atomic E-state index is 14.1. The molecule has 0 bridgehead atoms. The minimum absolute atomic E-state index is 0.172. The van der Waals surface area contributed by atoms with E-state index in [0.29, 0.717) is 29.2 Å². The van der Waals surface area contributed by atoms with Crippen molar-refractivity contribution in [3.05, 3.63) is 63.5 Å². The average Bonchev–Trinajstić information content (AvgIpc) is 3.38. The monoisotopic (exact) mass is 495 g/mol. The van der Waals surface area contributed by atoms with Crippen LogP contribution in [0, 0.1) is 11.8 Å². The Morgan fingerprint density at radius 3 is 2.37 bits per heavy atom. The van der Waals surface area contributed by atoms with E-state index in [4.69, 9.17) is 19.2 Å². The number of benzene rings is 1. The number of aliphatic imine (C=N–C) groups is 1. The molecule has 4 rings (SSSR count). The molecule has 1 aliphatic heterocycles. The maximum atomic E-state index is 14.1. The highest BCUT2D eigenvalue weighted by Gasteiger charge is 2.53. The Bertz CT molecular complexity index is 1160. The third-order valence-corrected chi connectivity index (χ3v) is 7.53. The van der Waals surface area contributed by atoms with Gasteiger partial charge in [0.1, 0.15) is 11.7 Å². The Hall–Kier alpha value is -3.26. The van der Waals surface area contributed by atoms with Gasteiger partial charge in [-0.25, -0.2) is 4.79 Å². The van der Waals surface area contributed by atoms with Gasteiger partial charge >= 0.3 is 11.9 Å². The van der Waals surface area contributed by atoms with Crippen molar-refractivity contribution >= 4 is 34.8 Å². The van der Waals surface area contributed by atoms with E-state index in [1.165, 1.54) is 11.3 Å². The van der Waals surface area contributed by atoms with Gasteiger partial charge in [0.2, 0.25) is 0 Å².